The van der Waals surface area contributed by atoms with Crippen LogP contribution in [0.2, 0.25) is 0 Å². The summed E-state index contributed by atoms with van der Waals surface area (Å²) >= 11 is 0. The summed E-state index contributed by atoms with van der Waals surface area (Å²) in [5, 5.41) is 0. The Kier molecular flexibility index (Phi) is 12.2. The van der Waals surface area contributed by atoms with E-state index in [1.165, 1.54) is 27.7 Å². The molecule has 10 heteroatoms. The minimum atomic E-state index is -1.17. The first kappa shape index (κ1) is 25.4. The van der Waals surface area contributed by atoms with Crippen LogP contribution in [0.1, 0.15) is 34.6 Å². The first-order valence-corrected chi connectivity index (χ1v) is 8.38. The average molecular weight is 402 g/mol. The van der Waals surface area contributed by atoms with Gasteiger partial charge < -0.3 is 28.4 Å². The predicted octanol–water partition coefficient (Wildman–Crippen LogP) is 0.357. The van der Waals surface area contributed by atoms with Gasteiger partial charge in [-0.2, -0.15) is 0 Å². The van der Waals surface area contributed by atoms with Gasteiger partial charge in [-0.05, 0) is 6.92 Å². The number of esters is 4. The van der Waals surface area contributed by atoms with Crippen LogP contribution in [0.5, 0.6) is 0 Å². The van der Waals surface area contributed by atoms with Crippen molar-refractivity contribution in [1.29, 1.82) is 0 Å². The molecule has 0 amide bonds. The molecule has 0 spiro atoms. The molecule has 0 bridgehead atoms. The molecular formula is C18H26O10. The van der Waals surface area contributed by atoms with Crippen LogP contribution in [0.25, 0.3) is 0 Å². The maximum Gasteiger partial charge on any atom is 0.303 e. The summed E-state index contributed by atoms with van der Waals surface area (Å²) in [5.41, 5.74) is 0. The molecule has 0 aromatic heterocycles. The van der Waals surface area contributed by atoms with Crippen LogP contribution in [0, 0.1) is 12.3 Å². The molecule has 10 nitrogen and oxygen atoms in total. The van der Waals surface area contributed by atoms with Gasteiger partial charge in [-0.15, -0.1) is 6.42 Å². The summed E-state index contributed by atoms with van der Waals surface area (Å²) < 4.78 is 31.1. The third kappa shape index (κ3) is 11.9. The Morgan fingerprint density at radius 3 is 1.75 bits per heavy atom. The number of carbonyl (C=O) groups is 4. The van der Waals surface area contributed by atoms with Gasteiger partial charge in [0.05, 0.1) is 0 Å². The maximum atomic E-state index is 11.4. The summed E-state index contributed by atoms with van der Waals surface area (Å²) in [5.74, 6) is -0.242. The lowest BCUT2D eigenvalue weighted by Crippen LogP contribution is -2.46. The molecular weight excluding hydrogens is 376 g/mol. The molecule has 0 N–H and O–H groups in total. The van der Waals surface area contributed by atoms with E-state index in [9.17, 15) is 19.2 Å². The van der Waals surface area contributed by atoms with Gasteiger partial charge in [0, 0.05) is 27.7 Å². The Balaban J connectivity index is 5.52. The molecule has 0 heterocycles. The van der Waals surface area contributed by atoms with Gasteiger partial charge in [-0.3, -0.25) is 19.2 Å². The van der Waals surface area contributed by atoms with Crippen LogP contribution < -0.4 is 0 Å². The standard InChI is InChI=1S/C18H26O10/c1-7-8-23-18(11(2)26-14(5)21)28-17(10-25-13(4)20)16(27-15(6)22)9-24-12(3)19/h1,11,16-18H,8-10H2,2-6H3/t11-,16+,17?,18+/m0/s1. The zero-order chi connectivity index (χ0) is 21.7. The SMILES string of the molecule is C#CCO[C@H](OC(COC(C)=O)[C@@H](COC(C)=O)OC(C)=O)[C@H](C)OC(C)=O. The van der Waals surface area contributed by atoms with Gasteiger partial charge in [-0.1, -0.05) is 5.92 Å². The van der Waals surface area contributed by atoms with E-state index >= 15 is 0 Å². The summed E-state index contributed by atoms with van der Waals surface area (Å²) in [6, 6.07) is 0. The Hall–Kier alpha value is -2.64. The quantitative estimate of drug-likeness (QED) is 0.195. The van der Waals surface area contributed by atoms with Crippen LogP contribution in [0.15, 0.2) is 0 Å². The van der Waals surface area contributed by atoms with E-state index in [1.54, 1.807) is 0 Å². The Morgan fingerprint density at radius 1 is 0.821 bits per heavy atom. The molecule has 0 aliphatic carbocycles. The largest absolute Gasteiger partial charge is 0.463 e. The fourth-order valence-corrected chi connectivity index (χ4v) is 1.97. The number of hydrogen-bond donors (Lipinski definition) is 0. The fourth-order valence-electron chi connectivity index (χ4n) is 1.97. The van der Waals surface area contributed by atoms with Crippen LogP contribution >= 0.6 is 0 Å². The lowest BCUT2D eigenvalue weighted by Gasteiger charge is -2.31. The second kappa shape index (κ2) is 13.5. The molecule has 0 aliphatic rings. The number of carbonyl (C=O) groups excluding carboxylic acids is 4. The van der Waals surface area contributed by atoms with E-state index in [-0.39, 0.29) is 19.8 Å². The molecule has 0 saturated carbocycles. The van der Waals surface area contributed by atoms with E-state index in [4.69, 9.17) is 34.8 Å². The van der Waals surface area contributed by atoms with E-state index < -0.39 is 48.5 Å². The van der Waals surface area contributed by atoms with Crippen molar-refractivity contribution in [2.45, 2.75) is 59.2 Å². The molecule has 0 fully saturated rings. The van der Waals surface area contributed by atoms with Crippen molar-refractivity contribution in [2.24, 2.45) is 0 Å². The van der Waals surface area contributed by atoms with Gasteiger partial charge in [-0.25, -0.2) is 0 Å². The highest BCUT2D eigenvalue weighted by atomic mass is 16.7. The molecule has 1 unspecified atom stereocenters. The number of hydrogen-bond acceptors (Lipinski definition) is 10. The number of rotatable bonds is 12. The van der Waals surface area contributed by atoms with Crippen molar-refractivity contribution >= 4 is 23.9 Å². The Bertz CT molecular complexity index is 579. The molecule has 0 saturated heterocycles. The molecule has 0 aliphatic heterocycles. The van der Waals surface area contributed by atoms with Crippen molar-refractivity contribution in [3.8, 4) is 12.3 Å². The van der Waals surface area contributed by atoms with Crippen molar-refractivity contribution < 1.29 is 47.6 Å². The molecule has 0 aromatic rings. The van der Waals surface area contributed by atoms with Gasteiger partial charge in [0.25, 0.3) is 0 Å². The zero-order valence-electron chi connectivity index (χ0n) is 16.6. The molecule has 0 radical (unpaired) electrons. The first-order valence-electron chi connectivity index (χ1n) is 8.38. The van der Waals surface area contributed by atoms with Crippen LogP contribution in [-0.4, -0.2) is 68.3 Å². The minimum absolute atomic E-state index is 0.168. The lowest BCUT2D eigenvalue weighted by molar-refractivity contribution is -0.243. The molecule has 4 atom stereocenters. The highest BCUT2D eigenvalue weighted by Crippen LogP contribution is 2.15. The molecule has 0 aromatic carbocycles. The van der Waals surface area contributed by atoms with Crippen LogP contribution in [-0.2, 0) is 47.6 Å². The van der Waals surface area contributed by atoms with Crippen LogP contribution in [0.4, 0.5) is 0 Å². The smallest absolute Gasteiger partial charge is 0.303 e. The van der Waals surface area contributed by atoms with Crippen LogP contribution in [0.3, 0.4) is 0 Å². The average Bonchev–Trinajstić information content (AvgIpc) is 2.56. The summed E-state index contributed by atoms with van der Waals surface area (Å²) in [6.45, 7) is 5.33. The predicted molar refractivity (Wildman–Crippen MR) is 93.5 cm³/mol. The first-order chi connectivity index (χ1) is 13.1. The third-order valence-corrected chi connectivity index (χ3v) is 3.01. The summed E-state index contributed by atoms with van der Waals surface area (Å²) in [4.78, 5) is 45.0. The topological polar surface area (TPSA) is 124 Å². The zero-order valence-corrected chi connectivity index (χ0v) is 16.6. The van der Waals surface area contributed by atoms with E-state index in [1.807, 2.05) is 0 Å². The van der Waals surface area contributed by atoms with Crippen molar-refractivity contribution in [3.05, 3.63) is 0 Å². The normalized spacial score (nSPS) is 14.6. The summed E-state index contributed by atoms with van der Waals surface area (Å²) in [7, 11) is 0. The third-order valence-electron chi connectivity index (χ3n) is 3.01. The molecule has 0 rings (SSSR count). The van der Waals surface area contributed by atoms with Gasteiger partial charge in [0.1, 0.15) is 32.0 Å². The molecule has 28 heavy (non-hydrogen) atoms. The number of terminal acetylenes is 1. The maximum absolute atomic E-state index is 11.4. The van der Waals surface area contributed by atoms with E-state index in [2.05, 4.69) is 5.92 Å². The van der Waals surface area contributed by atoms with Crippen molar-refractivity contribution in [1.82, 2.24) is 0 Å². The van der Waals surface area contributed by atoms with Crippen molar-refractivity contribution in [2.75, 3.05) is 19.8 Å². The monoisotopic (exact) mass is 402 g/mol. The Morgan fingerprint density at radius 2 is 1.32 bits per heavy atom. The minimum Gasteiger partial charge on any atom is -0.463 e. The van der Waals surface area contributed by atoms with Gasteiger partial charge >= 0.3 is 23.9 Å². The van der Waals surface area contributed by atoms with Gasteiger partial charge in [0.2, 0.25) is 0 Å². The highest BCUT2D eigenvalue weighted by molar-refractivity contribution is 5.67. The second-order valence-corrected chi connectivity index (χ2v) is 5.63. The molecule has 158 valence electrons. The lowest BCUT2D eigenvalue weighted by atomic mass is 10.2. The van der Waals surface area contributed by atoms with Gasteiger partial charge in [0.15, 0.2) is 12.4 Å². The number of ether oxygens (including phenoxy) is 6. The summed E-state index contributed by atoms with van der Waals surface area (Å²) in [6.07, 6.45) is 0.891. The highest BCUT2D eigenvalue weighted by Gasteiger charge is 2.33. The second-order valence-electron chi connectivity index (χ2n) is 5.63. The fraction of sp³-hybridized carbons (Fsp3) is 0.667. The Labute approximate surface area is 163 Å². The van der Waals surface area contributed by atoms with Crippen molar-refractivity contribution in [3.63, 3.8) is 0 Å². The van der Waals surface area contributed by atoms with E-state index in [0.717, 1.165) is 6.92 Å². The van der Waals surface area contributed by atoms with E-state index in [0.29, 0.717) is 0 Å².